The highest BCUT2D eigenvalue weighted by Crippen LogP contribution is 2.09. The van der Waals surface area contributed by atoms with Crippen LogP contribution in [0.4, 0.5) is 0 Å². The van der Waals surface area contributed by atoms with Crippen molar-refractivity contribution in [2.45, 2.75) is 26.0 Å². The Labute approximate surface area is 88.6 Å². The van der Waals surface area contributed by atoms with Crippen molar-refractivity contribution in [3.8, 4) is 0 Å². The zero-order valence-electron chi connectivity index (χ0n) is 8.24. The van der Waals surface area contributed by atoms with Gasteiger partial charge in [0.25, 0.3) is 0 Å². The molecule has 1 aromatic heterocycles. The fraction of sp³-hybridized carbons (Fsp3) is 0.500. The van der Waals surface area contributed by atoms with E-state index in [0.29, 0.717) is 13.2 Å². The molecule has 0 aromatic carbocycles. The second-order valence-electron chi connectivity index (χ2n) is 2.92. The third-order valence-electron chi connectivity index (χ3n) is 1.72. The van der Waals surface area contributed by atoms with E-state index in [0.717, 1.165) is 30.2 Å². The van der Waals surface area contributed by atoms with Crippen molar-refractivity contribution in [2.24, 2.45) is 5.73 Å². The molecular formula is C10H16N2OS. The highest BCUT2D eigenvalue weighted by Gasteiger charge is 1.99. The molecule has 0 atom stereocenters. The molecule has 4 heteroatoms. The number of nitrogens with two attached hydrogens (primary N) is 1. The number of thiazole rings is 1. The molecule has 1 aromatic rings. The summed E-state index contributed by atoms with van der Waals surface area (Å²) in [6.45, 7) is 5.52. The van der Waals surface area contributed by atoms with Crippen LogP contribution in [0.3, 0.4) is 0 Å². The van der Waals surface area contributed by atoms with E-state index in [-0.39, 0.29) is 0 Å². The maximum atomic E-state index is 5.45. The lowest BCUT2D eigenvalue weighted by atomic mass is 10.3. The molecule has 0 saturated carbocycles. The van der Waals surface area contributed by atoms with Gasteiger partial charge in [0.05, 0.1) is 12.3 Å². The molecule has 78 valence electrons. The lowest BCUT2D eigenvalue weighted by Crippen LogP contribution is -1.98. The number of aromatic nitrogens is 1. The number of allylic oxidation sites excluding steroid dienone is 1. The number of nitrogens with zero attached hydrogens (tertiary/aromatic N) is 1. The second kappa shape index (κ2) is 6.70. The van der Waals surface area contributed by atoms with Crippen LogP contribution < -0.4 is 5.73 Å². The normalized spacial score (nSPS) is 10.4. The minimum absolute atomic E-state index is 0.515. The summed E-state index contributed by atoms with van der Waals surface area (Å²) in [5.41, 5.74) is 6.43. The molecule has 1 heterocycles. The van der Waals surface area contributed by atoms with E-state index in [1.54, 1.807) is 11.3 Å². The predicted octanol–water partition coefficient (Wildman–Crippen LogP) is 2.08. The molecule has 14 heavy (non-hydrogen) atoms. The molecule has 0 bridgehead atoms. The quantitative estimate of drug-likeness (QED) is 0.556. The number of ether oxygens (including phenoxy) is 1. The van der Waals surface area contributed by atoms with E-state index in [1.165, 1.54) is 0 Å². The van der Waals surface area contributed by atoms with Crippen molar-refractivity contribution in [2.75, 3.05) is 6.61 Å². The van der Waals surface area contributed by atoms with E-state index < -0.39 is 0 Å². The summed E-state index contributed by atoms with van der Waals surface area (Å²) in [7, 11) is 0. The summed E-state index contributed by atoms with van der Waals surface area (Å²) in [4.78, 5) is 4.29. The topological polar surface area (TPSA) is 48.1 Å². The Morgan fingerprint density at radius 1 is 1.64 bits per heavy atom. The van der Waals surface area contributed by atoms with Gasteiger partial charge in [-0.15, -0.1) is 17.9 Å². The van der Waals surface area contributed by atoms with Crippen molar-refractivity contribution in [3.63, 3.8) is 0 Å². The Hall–Kier alpha value is -0.710. The number of hydrogen-bond donors (Lipinski definition) is 1. The summed E-state index contributed by atoms with van der Waals surface area (Å²) >= 11 is 1.59. The standard InChI is InChI=1S/C10H16N2OS/c1-2-3-4-5-13-7-9-8-14-10(6-11)12-9/h2,8H,1,3-7,11H2. The lowest BCUT2D eigenvalue weighted by molar-refractivity contribution is 0.117. The average molecular weight is 212 g/mol. The van der Waals surface area contributed by atoms with Gasteiger partial charge in [0.2, 0.25) is 0 Å². The Morgan fingerprint density at radius 3 is 3.14 bits per heavy atom. The Bertz CT molecular complexity index is 273. The van der Waals surface area contributed by atoms with Gasteiger partial charge in [0.1, 0.15) is 5.01 Å². The second-order valence-corrected chi connectivity index (χ2v) is 3.86. The van der Waals surface area contributed by atoms with Crippen molar-refractivity contribution in [1.29, 1.82) is 0 Å². The van der Waals surface area contributed by atoms with Gasteiger partial charge in [-0.25, -0.2) is 4.98 Å². The Balaban J connectivity index is 2.14. The highest BCUT2D eigenvalue weighted by atomic mass is 32.1. The molecule has 0 spiro atoms. The third-order valence-corrected chi connectivity index (χ3v) is 2.64. The van der Waals surface area contributed by atoms with Crippen LogP contribution in [0.1, 0.15) is 23.5 Å². The minimum Gasteiger partial charge on any atom is -0.375 e. The molecule has 0 aliphatic carbocycles. The number of unbranched alkanes of at least 4 members (excludes halogenated alkanes) is 1. The molecule has 0 fully saturated rings. The van der Waals surface area contributed by atoms with Gasteiger partial charge < -0.3 is 10.5 Å². The summed E-state index contributed by atoms with van der Waals surface area (Å²) in [5, 5.41) is 2.96. The van der Waals surface area contributed by atoms with Crippen LogP contribution in [0.25, 0.3) is 0 Å². The van der Waals surface area contributed by atoms with E-state index in [9.17, 15) is 0 Å². The summed E-state index contributed by atoms with van der Waals surface area (Å²) < 4.78 is 5.44. The molecule has 0 saturated heterocycles. The first-order valence-electron chi connectivity index (χ1n) is 4.68. The summed E-state index contributed by atoms with van der Waals surface area (Å²) in [6, 6.07) is 0. The van der Waals surface area contributed by atoms with Gasteiger partial charge in [-0.2, -0.15) is 0 Å². The van der Waals surface area contributed by atoms with Gasteiger partial charge in [0, 0.05) is 18.5 Å². The van der Waals surface area contributed by atoms with Crippen LogP contribution in [-0.2, 0) is 17.9 Å². The van der Waals surface area contributed by atoms with Crippen molar-refractivity contribution in [3.05, 3.63) is 28.7 Å². The highest BCUT2D eigenvalue weighted by molar-refractivity contribution is 7.09. The average Bonchev–Trinajstić information content (AvgIpc) is 2.65. The summed E-state index contributed by atoms with van der Waals surface area (Å²) in [6.07, 6.45) is 3.93. The van der Waals surface area contributed by atoms with Crippen LogP contribution in [0.15, 0.2) is 18.0 Å². The van der Waals surface area contributed by atoms with Gasteiger partial charge in [0.15, 0.2) is 0 Å². The first kappa shape index (κ1) is 11.4. The lowest BCUT2D eigenvalue weighted by Gasteiger charge is -1.99. The number of rotatable bonds is 7. The van der Waals surface area contributed by atoms with Crippen LogP contribution in [0.5, 0.6) is 0 Å². The molecule has 2 N–H and O–H groups in total. The Kier molecular flexibility index (Phi) is 5.44. The SMILES string of the molecule is C=CCCCOCc1csc(CN)n1. The van der Waals surface area contributed by atoms with E-state index in [1.807, 2.05) is 11.5 Å². The van der Waals surface area contributed by atoms with E-state index in [2.05, 4.69) is 11.6 Å². The minimum atomic E-state index is 0.515. The molecule has 1 rings (SSSR count). The maximum Gasteiger partial charge on any atom is 0.107 e. The maximum absolute atomic E-state index is 5.45. The number of hydrogen-bond acceptors (Lipinski definition) is 4. The van der Waals surface area contributed by atoms with Gasteiger partial charge in [-0.1, -0.05) is 6.08 Å². The molecule has 0 aliphatic rings. The smallest absolute Gasteiger partial charge is 0.107 e. The van der Waals surface area contributed by atoms with Gasteiger partial charge in [-0.3, -0.25) is 0 Å². The van der Waals surface area contributed by atoms with Gasteiger partial charge >= 0.3 is 0 Å². The van der Waals surface area contributed by atoms with Crippen LogP contribution in [0.2, 0.25) is 0 Å². The monoisotopic (exact) mass is 212 g/mol. The molecule has 3 nitrogen and oxygen atoms in total. The fourth-order valence-corrected chi connectivity index (χ4v) is 1.67. The zero-order chi connectivity index (χ0) is 10.2. The van der Waals surface area contributed by atoms with Gasteiger partial charge in [-0.05, 0) is 12.8 Å². The first-order valence-corrected chi connectivity index (χ1v) is 5.56. The van der Waals surface area contributed by atoms with Crippen LogP contribution in [-0.4, -0.2) is 11.6 Å². The molecule has 0 unspecified atom stereocenters. The van der Waals surface area contributed by atoms with Crippen LogP contribution >= 0.6 is 11.3 Å². The predicted molar refractivity (Wildman–Crippen MR) is 59.1 cm³/mol. The first-order chi connectivity index (χ1) is 6.86. The van der Waals surface area contributed by atoms with E-state index >= 15 is 0 Å². The molecule has 0 aliphatic heterocycles. The fourth-order valence-electron chi connectivity index (χ4n) is 1.02. The van der Waals surface area contributed by atoms with Crippen molar-refractivity contribution in [1.82, 2.24) is 4.98 Å². The van der Waals surface area contributed by atoms with Crippen molar-refractivity contribution >= 4 is 11.3 Å². The Morgan fingerprint density at radius 2 is 2.50 bits per heavy atom. The van der Waals surface area contributed by atoms with E-state index in [4.69, 9.17) is 10.5 Å². The van der Waals surface area contributed by atoms with Crippen LogP contribution in [0, 0.1) is 0 Å². The zero-order valence-corrected chi connectivity index (χ0v) is 9.05. The summed E-state index contributed by atoms with van der Waals surface area (Å²) in [5.74, 6) is 0. The third kappa shape index (κ3) is 4.00. The largest absolute Gasteiger partial charge is 0.375 e. The molecular weight excluding hydrogens is 196 g/mol. The molecule has 0 amide bonds. The van der Waals surface area contributed by atoms with Crippen molar-refractivity contribution < 1.29 is 4.74 Å². The molecule has 0 radical (unpaired) electrons.